The lowest BCUT2D eigenvalue weighted by Crippen LogP contribution is -2.28. The van der Waals surface area contributed by atoms with Gasteiger partial charge in [-0.15, -0.1) is 0 Å². The lowest BCUT2D eigenvalue weighted by atomic mass is 9.94. The van der Waals surface area contributed by atoms with E-state index in [4.69, 9.17) is 0 Å². The van der Waals surface area contributed by atoms with Crippen LogP contribution in [0.4, 0.5) is 4.39 Å². The van der Waals surface area contributed by atoms with Crippen molar-refractivity contribution >= 4 is 0 Å². The molecule has 2 N–H and O–H groups in total. The average Bonchev–Trinajstić information content (AvgIpc) is 2.88. The van der Waals surface area contributed by atoms with Crippen molar-refractivity contribution in [1.29, 1.82) is 0 Å². The summed E-state index contributed by atoms with van der Waals surface area (Å²) in [5.74, 6) is 1.49. The topological polar surface area (TPSA) is 40.7 Å². The molecule has 4 heteroatoms. The number of benzene rings is 1. The number of nitrogens with one attached hydrogen (secondary N) is 2. The highest BCUT2D eigenvalue weighted by atomic mass is 19.1. The highest BCUT2D eigenvalue weighted by Crippen LogP contribution is 2.21. The number of halogens is 1. The van der Waals surface area contributed by atoms with Crippen LogP contribution in [0.2, 0.25) is 0 Å². The first-order valence-corrected chi connectivity index (χ1v) is 6.82. The number of imidazole rings is 1. The Balaban J connectivity index is 1.72. The zero-order chi connectivity index (χ0) is 13.1. The number of hydrogen-bond acceptors (Lipinski definition) is 2. The van der Waals surface area contributed by atoms with Gasteiger partial charge in [0.1, 0.15) is 11.6 Å². The van der Waals surface area contributed by atoms with Gasteiger partial charge in [-0.3, -0.25) is 0 Å². The first-order chi connectivity index (χ1) is 9.31. The van der Waals surface area contributed by atoms with Crippen molar-refractivity contribution in [2.24, 2.45) is 5.92 Å². The van der Waals surface area contributed by atoms with Gasteiger partial charge in [-0.25, -0.2) is 9.37 Å². The second kappa shape index (κ2) is 5.53. The number of aromatic amines is 1. The van der Waals surface area contributed by atoms with Gasteiger partial charge in [0, 0.05) is 12.0 Å². The molecule has 0 atom stereocenters. The SMILES string of the molecule is Fc1cccc(-c2cnc(CC3CCNCC3)[nH]2)c1. The summed E-state index contributed by atoms with van der Waals surface area (Å²) < 4.78 is 13.2. The van der Waals surface area contributed by atoms with E-state index in [0.29, 0.717) is 5.92 Å². The second-order valence-electron chi connectivity index (χ2n) is 5.15. The third kappa shape index (κ3) is 3.01. The summed E-state index contributed by atoms with van der Waals surface area (Å²) in [6.07, 6.45) is 5.19. The largest absolute Gasteiger partial charge is 0.342 e. The van der Waals surface area contributed by atoms with E-state index in [1.54, 1.807) is 12.3 Å². The van der Waals surface area contributed by atoms with Crippen molar-refractivity contribution in [3.8, 4) is 11.3 Å². The number of nitrogens with zero attached hydrogens (tertiary/aromatic N) is 1. The molecule has 1 saturated heterocycles. The summed E-state index contributed by atoms with van der Waals surface area (Å²) in [5, 5.41) is 3.37. The van der Waals surface area contributed by atoms with Gasteiger partial charge >= 0.3 is 0 Å². The van der Waals surface area contributed by atoms with Gasteiger partial charge in [0.25, 0.3) is 0 Å². The van der Waals surface area contributed by atoms with Gasteiger partial charge in [-0.2, -0.15) is 0 Å². The first kappa shape index (κ1) is 12.4. The molecule has 2 aromatic rings. The molecule has 0 saturated carbocycles. The van der Waals surface area contributed by atoms with Crippen LogP contribution >= 0.6 is 0 Å². The molecule has 2 heterocycles. The second-order valence-corrected chi connectivity index (χ2v) is 5.15. The summed E-state index contributed by atoms with van der Waals surface area (Å²) in [7, 11) is 0. The van der Waals surface area contributed by atoms with Crippen LogP contribution in [0.15, 0.2) is 30.5 Å². The Labute approximate surface area is 112 Å². The molecule has 1 aromatic heterocycles. The number of H-pyrrole nitrogens is 1. The maximum absolute atomic E-state index is 13.2. The van der Waals surface area contributed by atoms with Crippen molar-refractivity contribution < 1.29 is 4.39 Å². The van der Waals surface area contributed by atoms with E-state index in [-0.39, 0.29) is 5.82 Å². The Morgan fingerprint density at radius 2 is 2.11 bits per heavy atom. The number of hydrogen-bond donors (Lipinski definition) is 2. The minimum atomic E-state index is -0.216. The van der Waals surface area contributed by atoms with E-state index < -0.39 is 0 Å². The monoisotopic (exact) mass is 259 g/mol. The minimum absolute atomic E-state index is 0.216. The molecule has 1 fully saturated rings. The molecular formula is C15H18FN3. The van der Waals surface area contributed by atoms with Crippen molar-refractivity contribution in [2.45, 2.75) is 19.3 Å². The number of rotatable bonds is 3. The Hall–Kier alpha value is -1.68. The standard InChI is InChI=1S/C15H18FN3/c16-13-3-1-2-12(9-13)14-10-18-15(19-14)8-11-4-6-17-7-5-11/h1-3,9-11,17H,4-8H2,(H,18,19). The van der Waals surface area contributed by atoms with Crippen LogP contribution < -0.4 is 5.32 Å². The van der Waals surface area contributed by atoms with E-state index >= 15 is 0 Å². The number of aromatic nitrogens is 2. The smallest absolute Gasteiger partial charge is 0.123 e. The predicted molar refractivity (Wildman–Crippen MR) is 73.3 cm³/mol. The van der Waals surface area contributed by atoms with Crippen LogP contribution in [0.25, 0.3) is 11.3 Å². The lowest BCUT2D eigenvalue weighted by Gasteiger charge is -2.21. The summed E-state index contributed by atoms with van der Waals surface area (Å²) in [6, 6.07) is 6.60. The van der Waals surface area contributed by atoms with Gasteiger partial charge in [-0.05, 0) is 44.0 Å². The third-order valence-corrected chi connectivity index (χ3v) is 3.70. The van der Waals surface area contributed by atoms with Gasteiger partial charge in [-0.1, -0.05) is 12.1 Å². The molecule has 0 radical (unpaired) electrons. The fourth-order valence-corrected chi connectivity index (χ4v) is 2.63. The molecule has 0 aliphatic carbocycles. The van der Waals surface area contributed by atoms with Crippen LogP contribution in [0.3, 0.4) is 0 Å². The highest BCUT2D eigenvalue weighted by molar-refractivity contribution is 5.58. The Kier molecular flexibility index (Phi) is 3.60. The van der Waals surface area contributed by atoms with Crippen molar-refractivity contribution in [1.82, 2.24) is 15.3 Å². The molecule has 100 valence electrons. The molecule has 19 heavy (non-hydrogen) atoms. The summed E-state index contributed by atoms with van der Waals surface area (Å²) in [6.45, 7) is 2.20. The maximum Gasteiger partial charge on any atom is 0.123 e. The fourth-order valence-electron chi connectivity index (χ4n) is 2.63. The lowest BCUT2D eigenvalue weighted by molar-refractivity contribution is 0.368. The molecule has 1 aromatic carbocycles. The quantitative estimate of drug-likeness (QED) is 0.890. The zero-order valence-electron chi connectivity index (χ0n) is 10.8. The first-order valence-electron chi connectivity index (χ1n) is 6.82. The van der Waals surface area contributed by atoms with E-state index in [1.807, 2.05) is 6.07 Å². The zero-order valence-corrected chi connectivity index (χ0v) is 10.8. The normalized spacial score (nSPS) is 16.7. The van der Waals surface area contributed by atoms with Crippen molar-refractivity contribution in [3.05, 3.63) is 42.1 Å². The molecular weight excluding hydrogens is 241 g/mol. The molecule has 3 nitrogen and oxygen atoms in total. The van der Waals surface area contributed by atoms with Crippen molar-refractivity contribution in [2.75, 3.05) is 13.1 Å². The van der Waals surface area contributed by atoms with Gasteiger partial charge in [0.15, 0.2) is 0 Å². The van der Waals surface area contributed by atoms with Gasteiger partial charge < -0.3 is 10.3 Å². The van der Waals surface area contributed by atoms with E-state index in [2.05, 4.69) is 15.3 Å². The maximum atomic E-state index is 13.2. The molecule has 3 rings (SSSR count). The number of piperidine rings is 1. The Bertz CT molecular complexity index is 544. The molecule has 1 aliphatic rings. The molecule has 0 unspecified atom stereocenters. The molecule has 0 spiro atoms. The average molecular weight is 259 g/mol. The van der Waals surface area contributed by atoms with Crippen LogP contribution in [-0.2, 0) is 6.42 Å². The molecule has 0 bridgehead atoms. The summed E-state index contributed by atoms with van der Waals surface area (Å²) in [4.78, 5) is 7.72. The Morgan fingerprint density at radius 1 is 1.26 bits per heavy atom. The summed E-state index contributed by atoms with van der Waals surface area (Å²) in [5.41, 5.74) is 1.74. The van der Waals surface area contributed by atoms with Gasteiger partial charge in [0.2, 0.25) is 0 Å². The molecule has 0 amide bonds. The van der Waals surface area contributed by atoms with E-state index in [1.165, 1.54) is 25.0 Å². The van der Waals surface area contributed by atoms with Crippen molar-refractivity contribution in [3.63, 3.8) is 0 Å². The van der Waals surface area contributed by atoms with Crippen LogP contribution in [0.5, 0.6) is 0 Å². The highest BCUT2D eigenvalue weighted by Gasteiger charge is 2.15. The van der Waals surface area contributed by atoms with Crippen LogP contribution in [0.1, 0.15) is 18.7 Å². The van der Waals surface area contributed by atoms with Crippen LogP contribution in [-0.4, -0.2) is 23.1 Å². The summed E-state index contributed by atoms with van der Waals surface area (Å²) >= 11 is 0. The minimum Gasteiger partial charge on any atom is -0.342 e. The van der Waals surface area contributed by atoms with E-state index in [9.17, 15) is 4.39 Å². The van der Waals surface area contributed by atoms with E-state index in [0.717, 1.165) is 36.6 Å². The van der Waals surface area contributed by atoms with Crippen LogP contribution in [0, 0.1) is 11.7 Å². The predicted octanol–water partition coefficient (Wildman–Crippen LogP) is 2.76. The van der Waals surface area contributed by atoms with Gasteiger partial charge in [0.05, 0.1) is 11.9 Å². The fraction of sp³-hybridized carbons (Fsp3) is 0.400. The molecule has 1 aliphatic heterocycles. The third-order valence-electron chi connectivity index (χ3n) is 3.70. The Morgan fingerprint density at radius 3 is 2.89 bits per heavy atom.